The van der Waals surface area contributed by atoms with Crippen LogP contribution >= 0.6 is 23.2 Å². The molecule has 1 atom stereocenters. The van der Waals surface area contributed by atoms with Gasteiger partial charge in [0.15, 0.2) is 5.75 Å². The van der Waals surface area contributed by atoms with Crippen molar-refractivity contribution in [2.24, 2.45) is 0 Å². The molecule has 0 saturated carbocycles. The van der Waals surface area contributed by atoms with Crippen molar-refractivity contribution in [3.8, 4) is 5.75 Å². The molecule has 6 heteroatoms. The van der Waals surface area contributed by atoms with Crippen molar-refractivity contribution >= 4 is 28.9 Å². The zero-order valence-corrected chi connectivity index (χ0v) is 12.7. The molecule has 1 aromatic carbocycles. The van der Waals surface area contributed by atoms with Gasteiger partial charge < -0.3 is 20.5 Å². The van der Waals surface area contributed by atoms with Crippen LogP contribution in [0, 0.1) is 0 Å². The lowest BCUT2D eigenvalue weighted by Crippen LogP contribution is -2.36. The Morgan fingerprint density at radius 3 is 2.45 bits per heavy atom. The van der Waals surface area contributed by atoms with Gasteiger partial charge >= 0.3 is 0 Å². The Morgan fingerprint density at radius 1 is 1.30 bits per heavy atom. The van der Waals surface area contributed by atoms with Gasteiger partial charge in [-0.1, -0.05) is 23.2 Å². The number of rotatable bonds is 3. The highest BCUT2D eigenvalue weighted by Gasteiger charge is 2.19. The highest BCUT2D eigenvalue weighted by molar-refractivity contribution is 6.37. The summed E-state index contributed by atoms with van der Waals surface area (Å²) in [4.78, 5) is 1.76. The molecule has 1 aromatic rings. The van der Waals surface area contributed by atoms with Crippen LogP contribution in [0.4, 0.5) is 5.69 Å². The lowest BCUT2D eigenvalue weighted by molar-refractivity contribution is 0.0529. The van der Waals surface area contributed by atoms with Gasteiger partial charge in [-0.2, -0.15) is 0 Å². The lowest BCUT2D eigenvalue weighted by atomic mass is 10.2. The average Bonchev–Trinajstić information content (AvgIpc) is 2.35. The predicted molar refractivity (Wildman–Crippen MR) is 81.7 cm³/mol. The molecule has 0 radical (unpaired) electrons. The molecular weight excluding hydrogens is 299 g/mol. The second kappa shape index (κ2) is 5.95. The number of ether oxygens (including phenoxy) is 1. The normalized spacial score (nSPS) is 18.4. The molecule has 20 heavy (non-hydrogen) atoms. The quantitative estimate of drug-likeness (QED) is 0.840. The van der Waals surface area contributed by atoms with Gasteiger partial charge in [-0.15, -0.1) is 0 Å². The number of benzene rings is 1. The molecule has 1 aliphatic rings. The van der Waals surface area contributed by atoms with E-state index in [4.69, 9.17) is 33.7 Å². The minimum Gasteiger partial charge on any atom is -0.453 e. The van der Waals surface area contributed by atoms with E-state index in [2.05, 4.69) is 0 Å². The fourth-order valence-corrected chi connectivity index (χ4v) is 2.44. The van der Waals surface area contributed by atoms with Crippen molar-refractivity contribution < 1.29 is 9.84 Å². The maximum Gasteiger partial charge on any atom is 0.164 e. The molecule has 0 saturated heterocycles. The van der Waals surface area contributed by atoms with Crippen molar-refractivity contribution in [1.82, 2.24) is 4.90 Å². The number of hydrogen-bond donors (Lipinski definition) is 2. The van der Waals surface area contributed by atoms with Crippen LogP contribution in [0.3, 0.4) is 0 Å². The first-order chi connectivity index (χ1) is 9.38. The van der Waals surface area contributed by atoms with Crippen LogP contribution in [0.1, 0.15) is 13.8 Å². The highest BCUT2D eigenvalue weighted by atomic mass is 35.5. The Morgan fingerprint density at radius 2 is 1.90 bits per heavy atom. The molecule has 0 fully saturated rings. The third-order valence-corrected chi connectivity index (χ3v) is 3.41. The third-order valence-electron chi connectivity index (χ3n) is 2.85. The second-order valence-electron chi connectivity index (χ2n) is 4.76. The molecule has 0 spiro atoms. The number of allylic oxidation sites excluding steroid dienone is 1. The summed E-state index contributed by atoms with van der Waals surface area (Å²) < 4.78 is 5.70. The Labute approximate surface area is 128 Å². The van der Waals surface area contributed by atoms with E-state index < -0.39 is 6.23 Å². The lowest BCUT2D eigenvalue weighted by Gasteiger charge is -2.31. The summed E-state index contributed by atoms with van der Waals surface area (Å²) in [5.41, 5.74) is 6.12. The van der Waals surface area contributed by atoms with Gasteiger partial charge in [0.2, 0.25) is 0 Å². The van der Waals surface area contributed by atoms with Crippen molar-refractivity contribution in [3.63, 3.8) is 0 Å². The number of hydrogen-bond acceptors (Lipinski definition) is 4. The van der Waals surface area contributed by atoms with E-state index in [0.717, 1.165) is 0 Å². The number of halogens is 2. The minimum absolute atomic E-state index is 0.130. The minimum atomic E-state index is -0.667. The number of nitrogen functional groups attached to an aromatic ring is 1. The molecule has 0 aromatic heterocycles. The SMILES string of the molecule is CC(C)N1C=C(Oc2c(Cl)cc(N)cc2Cl)C=CC1O. The Bertz CT molecular complexity index is 547. The van der Waals surface area contributed by atoms with Crippen LogP contribution in [0.25, 0.3) is 0 Å². The van der Waals surface area contributed by atoms with Gasteiger partial charge in [0, 0.05) is 17.9 Å². The summed E-state index contributed by atoms with van der Waals surface area (Å²) in [5.74, 6) is 0.885. The van der Waals surface area contributed by atoms with E-state index in [1.165, 1.54) is 0 Å². The average molecular weight is 315 g/mol. The van der Waals surface area contributed by atoms with Crippen molar-refractivity contribution in [2.45, 2.75) is 26.1 Å². The molecule has 3 N–H and O–H groups in total. The summed E-state index contributed by atoms with van der Waals surface area (Å²) in [5, 5.41) is 10.5. The van der Waals surface area contributed by atoms with Gasteiger partial charge in [0.25, 0.3) is 0 Å². The van der Waals surface area contributed by atoms with E-state index >= 15 is 0 Å². The van der Waals surface area contributed by atoms with E-state index in [1.54, 1.807) is 35.4 Å². The van der Waals surface area contributed by atoms with Crippen molar-refractivity contribution in [2.75, 3.05) is 5.73 Å². The summed E-state index contributed by atoms with van der Waals surface area (Å²) in [6, 6.07) is 3.28. The van der Waals surface area contributed by atoms with Crippen LogP contribution in [0.15, 0.2) is 36.2 Å². The maximum atomic E-state index is 9.84. The van der Waals surface area contributed by atoms with Crippen molar-refractivity contribution in [3.05, 3.63) is 46.3 Å². The van der Waals surface area contributed by atoms with Gasteiger partial charge in [0.1, 0.15) is 12.0 Å². The molecule has 1 heterocycles. The monoisotopic (exact) mass is 314 g/mol. The summed E-state index contributed by atoms with van der Waals surface area (Å²) in [7, 11) is 0. The number of nitrogens with zero attached hydrogens (tertiary/aromatic N) is 1. The third kappa shape index (κ3) is 3.20. The molecule has 2 rings (SSSR count). The van der Waals surface area contributed by atoms with E-state index in [0.29, 0.717) is 27.2 Å². The van der Waals surface area contributed by atoms with Gasteiger partial charge in [-0.05, 0) is 38.1 Å². The Kier molecular flexibility index (Phi) is 4.48. The highest BCUT2D eigenvalue weighted by Crippen LogP contribution is 2.36. The predicted octanol–water partition coefficient (Wildman–Crippen LogP) is 3.39. The van der Waals surface area contributed by atoms with E-state index in [9.17, 15) is 5.11 Å². The fraction of sp³-hybridized carbons (Fsp3) is 0.286. The first-order valence-corrected chi connectivity index (χ1v) is 6.92. The first kappa shape index (κ1) is 15.0. The van der Waals surface area contributed by atoms with Crippen LogP contribution < -0.4 is 10.5 Å². The number of anilines is 1. The number of nitrogens with two attached hydrogens (primary N) is 1. The molecule has 4 nitrogen and oxygen atoms in total. The molecule has 1 aliphatic heterocycles. The molecule has 0 aliphatic carbocycles. The van der Waals surface area contributed by atoms with E-state index in [-0.39, 0.29) is 6.04 Å². The van der Waals surface area contributed by atoms with Crippen molar-refractivity contribution in [1.29, 1.82) is 0 Å². The zero-order chi connectivity index (χ0) is 14.9. The molecule has 108 valence electrons. The van der Waals surface area contributed by atoms with E-state index in [1.807, 2.05) is 13.8 Å². The second-order valence-corrected chi connectivity index (χ2v) is 5.58. The molecule has 0 amide bonds. The zero-order valence-electron chi connectivity index (χ0n) is 11.2. The number of aliphatic hydroxyl groups is 1. The molecular formula is C14H16Cl2N2O2. The van der Waals surface area contributed by atoms with Gasteiger partial charge in [-0.25, -0.2) is 0 Å². The van der Waals surface area contributed by atoms with Crippen LogP contribution in [0.5, 0.6) is 5.75 Å². The van der Waals surface area contributed by atoms with Gasteiger partial charge in [-0.3, -0.25) is 0 Å². The topological polar surface area (TPSA) is 58.7 Å². The largest absolute Gasteiger partial charge is 0.453 e. The maximum absolute atomic E-state index is 9.84. The molecule has 0 bridgehead atoms. The van der Waals surface area contributed by atoms with Crippen LogP contribution in [0.2, 0.25) is 10.0 Å². The van der Waals surface area contributed by atoms with Crippen LogP contribution in [-0.2, 0) is 0 Å². The standard InChI is InChI=1S/C14H16Cl2N2O2/c1-8(2)18-7-10(3-4-13(18)19)20-14-11(15)5-9(17)6-12(14)16/h3-8,13,19H,17H2,1-2H3. The first-order valence-electron chi connectivity index (χ1n) is 6.16. The smallest absolute Gasteiger partial charge is 0.164 e. The fourth-order valence-electron chi connectivity index (χ4n) is 1.86. The van der Waals surface area contributed by atoms with Crippen LogP contribution in [-0.4, -0.2) is 22.3 Å². The summed E-state index contributed by atoms with van der Waals surface area (Å²) >= 11 is 12.2. The summed E-state index contributed by atoms with van der Waals surface area (Å²) in [6.45, 7) is 3.94. The van der Waals surface area contributed by atoms with Gasteiger partial charge in [0.05, 0.1) is 10.0 Å². The number of aliphatic hydroxyl groups excluding tert-OH is 1. The Hall–Kier alpha value is -1.36. The molecule has 1 unspecified atom stereocenters. The Balaban J connectivity index is 2.27. The summed E-state index contributed by atoms with van der Waals surface area (Å²) in [6.07, 6.45) is 4.36.